The number of hydrogen-bond donors (Lipinski definition) is 0. The lowest BCUT2D eigenvalue weighted by atomic mass is 9.38. The molecule has 0 saturated heterocycles. The van der Waals surface area contributed by atoms with Crippen molar-refractivity contribution in [3.63, 3.8) is 0 Å². The van der Waals surface area contributed by atoms with Crippen molar-refractivity contribution >= 4 is 12.3 Å². The predicted molar refractivity (Wildman–Crippen MR) is 171 cm³/mol. The zero-order chi connectivity index (χ0) is 30.3. The smallest absolute Gasteiger partial charge is 0.293 e. The van der Waals surface area contributed by atoms with Crippen LogP contribution in [0.2, 0.25) is 0 Å². The van der Waals surface area contributed by atoms with Gasteiger partial charge >= 0.3 is 0 Å². The van der Waals surface area contributed by atoms with E-state index >= 15 is 0 Å². The van der Waals surface area contributed by atoms with Crippen LogP contribution >= 0.6 is 0 Å². The third-order valence-electron chi connectivity index (χ3n) is 12.5. The van der Waals surface area contributed by atoms with Crippen LogP contribution < -0.4 is 0 Å². The van der Waals surface area contributed by atoms with Crippen molar-refractivity contribution in [1.82, 2.24) is 0 Å². The number of allylic oxidation sites excluding steroid dienone is 1. The molecule has 0 heterocycles. The molecule has 0 N–H and O–H groups in total. The third-order valence-corrected chi connectivity index (χ3v) is 12.5. The Balaban J connectivity index is 0.000000258. The molecule has 5 aliphatic carbocycles. The van der Waals surface area contributed by atoms with E-state index in [9.17, 15) is 9.59 Å². The van der Waals surface area contributed by atoms with Crippen LogP contribution in [0.4, 0.5) is 0 Å². The van der Waals surface area contributed by atoms with Crippen molar-refractivity contribution in [3.05, 3.63) is 48.6 Å². The Morgan fingerprint density at radius 2 is 1.51 bits per heavy atom. The summed E-state index contributed by atoms with van der Waals surface area (Å²) in [5.74, 6) is 5.43. The first kappa shape index (κ1) is 33.6. The Morgan fingerprint density at radius 3 is 2.17 bits per heavy atom. The van der Waals surface area contributed by atoms with Crippen LogP contribution in [-0.2, 0) is 20.9 Å². The summed E-state index contributed by atoms with van der Waals surface area (Å²) in [4.78, 5) is 22.2. The Labute approximate surface area is 252 Å². The quantitative estimate of drug-likeness (QED) is 0.271. The Hall–Kier alpha value is -1.90. The van der Waals surface area contributed by atoms with Gasteiger partial charge in [-0.2, -0.15) is 0 Å². The van der Waals surface area contributed by atoms with Crippen molar-refractivity contribution in [1.29, 1.82) is 0 Å². The maximum absolute atomic E-state index is 12.4. The summed E-state index contributed by atoms with van der Waals surface area (Å²) in [6.07, 6.45) is 17.0. The van der Waals surface area contributed by atoms with Gasteiger partial charge in [0.2, 0.25) is 0 Å². The third kappa shape index (κ3) is 6.70. The van der Waals surface area contributed by atoms with Crippen molar-refractivity contribution in [2.24, 2.45) is 51.8 Å². The molecule has 5 aliphatic rings. The molecule has 6 rings (SSSR count). The number of carbonyl (C=O) groups excluding carboxylic acids is 2. The topological polar surface area (TPSA) is 43.4 Å². The van der Waals surface area contributed by atoms with Crippen LogP contribution in [0.5, 0.6) is 0 Å². The van der Waals surface area contributed by atoms with Crippen LogP contribution in [-0.4, -0.2) is 12.3 Å². The summed E-state index contributed by atoms with van der Waals surface area (Å²) in [6.45, 7) is 20.3. The summed E-state index contributed by atoms with van der Waals surface area (Å²) >= 11 is 0. The molecule has 0 aliphatic heterocycles. The van der Waals surface area contributed by atoms with Gasteiger partial charge in [0.15, 0.2) is 0 Å². The number of hydrogen-bond acceptors (Lipinski definition) is 3. The summed E-state index contributed by atoms with van der Waals surface area (Å²) in [5, 5.41) is 0. The fourth-order valence-electron chi connectivity index (χ4n) is 10.7. The van der Waals surface area contributed by atoms with Gasteiger partial charge in [-0.15, -0.1) is 6.58 Å². The van der Waals surface area contributed by atoms with Crippen molar-refractivity contribution < 1.29 is 14.3 Å². The zero-order valence-corrected chi connectivity index (χ0v) is 27.4. The molecular formula is C38H60O3. The molecule has 9 atom stereocenters. The second-order valence-corrected chi connectivity index (χ2v) is 14.3. The molecule has 5 fully saturated rings. The van der Waals surface area contributed by atoms with Gasteiger partial charge in [0.25, 0.3) is 6.47 Å². The van der Waals surface area contributed by atoms with Gasteiger partial charge in [-0.3, -0.25) is 9.59 Å². The summed E-state index contributed by atoms with van der Waals surface area (Å²) in [7, 11) is 0. The minimum absolute atomic E-state index is 0.320. The van der Waals surface area contributed by atoms with Crippen LogP contribution in [0.25, 0.3) is 0 Å². The van der Waals surface area contributed by atoms with Crippen molar-refractivity contribution in [2.75, 3.05) is 0 Å². The Morgan fingerprint density at radius 1 is 0.878 bits per heavy atom. The highest BCUT2D eigenvalue weighted by Gasteiger charge is 2.64. The highest BCUT2D eigenvalue weighted by atomic mass is 16.5. The van der Waals surface area contributed by atoms with E-state index in [4.69, 9.17) is 0 Å². The molecule has 0 radical (unpaired) electrons. The van der Waals surface area contributed by atoms with Gasteiger partial charge in [0.1, 0.15) is 12.4 Å². The van der Waals surface area contributed by atoms with E-state index in [0.29, 0.717) is 46.9 Å². The molecule has 1 aromatic rings. The van der Waals surface area contributed by atoms with Gasteiger partial charge in [0, 0.05) is 12.3 Å². The van der Waals surface area contributed by atoms with E-state index in [1.807, 2.05) is 51.1 Å². The molecule has 0 aromatic heterocycles. The van der Waals surface area contributed by atoms with E-state index in [1.54, 1.807) is 6.08 Å². The summed E-state index contributed by atoms with van der Waals surface area (Å²) < 4.78 is 4.54. The maximum atomic E-state index is 12.4. The van der Waals surface area contributed by atoms with Gasteiger partial charge in [-0.1, -0.05) is 84.4 Å². The molecule has 5 saturated carbocycles. The van der Waals surface area contributed by atoms with Crippen LogP contribution in [0.1, 0.15) is 125 Å². The number of ether oxygens (including phenoxy) is 1. The van der Waals surface area contributed by atoms with Crippen LogP contribution in [0, 0.1) is 51.8 Å². The van der Waals surface area contributed by atoms with Crippen molar-refractivity contribution in [3.8, 4) is 0 Å². The van der Waals surface area contributed by atoms with Gasteiger partial charge in [-0.05, 0) is 116 Å². The average Bonchev–Trinajstić information content (AvgIpc) is 3.38. The van der Waals surface area contributed by atoms with Gasteiger partial charge < -0.3 is 4.74 Å². The molecule has 1 aromatic carbocycles. The number of benzene rings is 1. The SMILES string of the molecule is C=CC.CC.CC1C(=O)CCC2(C)C1CCC1(C)C3CCC4(C)CCCC4C3CCC21.O=COCc1ccccc1. The standard InChI is InChI=1S/C25H40O.C8H8O2.C3H6.C2H6/c1-16-18-10-14-25(4)20-9-13-23(2)12-5-6-19(23)17(20)7-8-22(25)24(18,3)15-11-21(16)26;9-7-10-6-8-4-2-1-3-5-8;1-3-2;1-2/h16-20,22H,5-15H2,1-4H3;1-5,7H,6H2;3H,1H2,2H3;1-2H3. The lowest BCUT2D eigenvalue weighted by Crippen LogP contribution is -2.60. The monoisotopic (exact) mass is 564 g/mol. The van der Waals surface area contributed by atoms with E-state index in [-0.39, 0.29) is 0 Å². The minimum atomic E-state index is 0.320. The molecular weight excluding hydrogens is 504 g/mol. The highest BCUT2D eigenvalue weighted by molar-refractivity contribution is 5.82. The van der Waals surface area contributed by atoms with Crippen LogP contribution in [0.3, 0.4) is 0 Å². The van der Waals surface area contributed by atoms with Gasteiger partial charge in [-0.25, -0.2) is 0 Å². The maximum Gasteiger partial charge on any atom is 0.293 e. The Bertz CT molecular complexity index is 986. The average molecular weight is 565 g/mol. The first-order chi connectivity index (χ1) is 19.6. The number of rotatable bonds is 3. The lowest BCUT2D eigenvalue weighted by molar-refractivity contribution is -0.183. The second-order valence-electron chi connectivity index (χ2n) is 14.3. The normalized spacial score (nSPS) is 40.1. The summed E-state index contributed by atoms with van der Waals surface area (Å²) in [6, 6.07) is 9.55. The minimum Gasteiger partial charge on any atom is -0.463 e. The zero-order valence-electron chi connectivity index (χ0n) is 27.4. The van der Waals surface area contributed by atoms with E-state index in [0.717, 1.165) is 35.7 Å². The molecule has 3 nitrogen and oxygen atoms in total. The van der Waals surface area contributed by atoms with Gasteiger partial charge in [0.05, 0.1) is 0 Å². The van der Waals surface area contributed by atoms with Crippen molar-refractivity contribution in [2.45, 2.75) is 126 Å². The molecule has 230 valence electrons. The molecule has 41 heavy (non-hydrogen) atoms. The highest BCUT2D eigenvalue weighted by Crippen LogP contribution is 2.71. The molecule has 0 amide bonds. The molecule has 0 spiro atoms. The molecule has 0 bridgehead atoms. The van der Waals surface area contributed by atoms with E-state index in [1.165, 1.54) is 64.2 Å². The molecule has 3 heteroatoms. The first-order valence-electron chi connectivity index (χ1n) is 16.8. The summed E-state index contributed by atoms with van der Waals surface area (Å²) in [5.41, 5.74) is 2.67. The number of fused-ring (bicyclic) bond motifs is 7. The Kier molecular flexibility index (Phi) is 11.9. The number of carbonyl (C=O) groups is 2. The van der Waals surface area contributed by atoms with Crippen LogP contribution in [0.15, 0.2) is 43.0 Å². The van der Waals surface area contributed by atoms with E-state index < -0.39 is 0 Å². The number of Topliss-reactive ketones (excluding diaryl/α,β-unsaturated/α-hetero) is 1. The number of ketones is 1. The van der Waals surface area contributed by atoms with E-state index in [2.05, 4.69) is 39.0 Å². The fourth-order valence-corrected chi connectivity index (χ4v) is 10.7. The predicted octanol–water partition coefficient (Wildman–Crippen LogP) is 10.2. The fraction of sp³-hybridized carbons (Fsp3) is 0.737. The lowest BCUT2D eigenvalue weighted by Gasteiger charge is -2.67. The largest absolute Gasteiger partial charge is 0.463 e. The first-order valence-corrected chi connectivity index (χ1v) is 16.8. The molecule has 9 unspecified atom stereocenters. The second kappa shape index (κ2) is 14.5.